The first-order chi connectivity index (χ1) is 9.81. The van der Waals surface area contributed by atoms with Crippen LogP contribution in [-0.4, -0.2) is 21.8 Å². The van der Waals surface area contributed by atoms with Gasteiger partial charge in [0.2, 0.25) is 0 Å². The molecular weight excluding hydrogens is 266 g/mol. The van der Waals surface area contributed by atoms with Gasteiger partial charge in [0, 0.05) is 22.1 Å². The van der Waals surface area contributed by atoms with Crippen molar-refractivity contribution in [1.82, 2.24) is 5.32 Å². The van der Waals surface area contributed by atoms with Crippen molar-refractivity contribution in [2.45, 2.75) is 61.5 Å². The molecule has 3 rings (SSSR count). The summed E-state index contributed by atoms with van der Waals surface area (Å²) in [5, 5.41) is 4.19. The van der Waals surface area contributed by atoms with Crippen molar-refractivity contribution in [2.75, 3.05) is 7.05 Å². The lowest BCUT2D eigenvalue weighted by Gasteiger charge is -2.28. The molecule has 0 radical (unpaired) electrons. The third-order valence-electron chi connectivity index (χ3n) is 4.94. The van der Waals surface area contributed by atoms with Crippen LogP contribution < -0.4 is 5.32 Å². The van der Waals surface area contributed by atoms with Gasteiger partial charge in [-0.3, -0.25) is 4.21 Å². The Bertz CT molecular complexity index is 482. The van der Waals surface area contributed by atoms with Gasteiger partial charge in [0.05, 0.1) is 5.25 Å². The zero-order chi connectivity index (χ0) is 13.9. The lowest BCUT2D eigenvalue weighted by molar-refractivity contribution is 0.526. The van der Waals surface area contributed by atoms with E-state index in [4.69, 9.17) is 0 Å². The van der Waals surface area contributed by atoms with Crippen molar-refractivity contribution in [2.24, 2.45) is 0 Å². The first kappa shape index (κ1) is 14.3. The standard InChI is InChI=1S/C17H25NOS/c1-18-17-15-11-5-2-7-13(15)8-6-12-16(17)20(19)14-9-3-4-10-14/h2,5,7,11,14,16-18H,3-4,6,8-10,12H2,1H3. The predicted octanol–water partition coefficient (Wildman–Crippen LogP) is 3.34. The van der Waals surface area contributed by atoms with Gasteiger partial charge in [0.15, 0.2) is 0 Å². The zero-order valence-electron chi connectivity index (χ0n) is 12.3. The van der Waals surface area contributed by atoms with E-state index in [0.29, 0.717) is 5.25 Å². The third kappa shape index (κ3) is 2.71. The molecule has 1 N–H and O–H groups in total. The number of benzene rings is 1. The molecule has 2 nitrogen and oxygen atoms in total. The zero-order valence-corrected chi connectivity index (χ0v) is 13.1. The Labute approximate surface area is 124 Å². The summed E-state index contributed by atoms with van der Waals surface area (Å²) in [6, 6.07) is 8.96. The van der Waals surface area contributed by atoms with Gasteiger partial charge in [-0.25, -0.2) is 0 Å². The van der Waals surface area contributed by atoms with Gasteiger partial charge in [-0.15, -0.1) is 0 Å². The summed E-state index contributed by atoms with van der Waals surface area (Å²) >= 11 is 0. The minimum atomic E-state index is -0.693. The third-order valence-corrected chi connectivity index (χ3v) is 7.17. The second-order valence-electron chi connectivity index (χ2n) is 6.13. The molecule has 3 heteroatoms. The molecule has 1 aromatic rings. The SMILES string of the molecule is CNC1c2ccccc2CCCC1S(=O)C1CCCC1. The molecule has 1 fully saturated rings. The first-order valence-corrected chi connectivity index (χ1v) is 9.23. The fourth-order valence-corrected chi connectivity index (χ4v) is 6.13. The van der Waals surface area contributed by atoms with Crippen LogP contribution in [0.4, 0.5) is 0 Å². The van der Waals surface area contributed by atoms with Crippen LogP contribution in [0.3, 0.4) is 0 Å². The molecule has 110 valence electrons. The molecule has 0 aliphatic heterocycles. The number of fused-ring (bicyclic) bond motifs is 1. The average Bonchev–Trinajstić information content (AvgIpc) is 2.94. The van der Waals surface area contributed by atoms with Crippen molar-refractivity contribution < 1.29 is 4.21 Å². The van der Waals surface area contributed by atoms with E-state index in [-0.39, 0.29) is 11.3 Å². The van der Waals surface area contributed by atoms with Crippen LogP contribution >= 0.6 is 0 Å². The van der Waals surface area contributed by atoms with Crippen LogP contribution in [0.15, 0.2) is 24.3 Å². The largest absolute Gasteiger partial charge is 0.312 e. The maximum Gasteiger partial charge on any atom is 0.0545 e. The monoisotopic (exact) mass is 291 g/mol. The Morgan fingerprint density at radius 1 is 1.10 bits per heavy atom. The number of hydrogen-bond donors (Lipinski definition) is 1. The molecule has 3 atom stereocenters. The van der Waals surface area contributed by atoms with Gasteiger partial charge in [-0.05, 0) is 50.3 Å². The van der Waals surface area contributed by atoms with Crippen LogP contribution in [0, 0.1) is 0 Å². The average molecular weight is 291 g/mol. The van der Waals surface area contributed by atoms with Crippen molar-refractivity contribution in [3.05, 3.63) is 35.4 Å². The molecule has 0 aromatic heterocycles. The summed E-state index contributed by atoms with van der Waals surface area (Å²) in [6.45, 7) is 0. The van der Waals surface area contributed by atoms with Crippen LogP contribution in [0.2, 0.25) is 0 Å². The van der Waals surface area contributed by atoms with Crippen molar-refractivity contribution >= 4 is 10.8 Å². The number of nitrogens with one attached hydrogen (secondary N) is 1. The summed E-state index contributed by atoms with van der Waals surface area (Å²) in [5.41, 5.74) is 2.82. The molecule has 0 saturated heterocycles. The lowest BCUT2D eigenvalue weighted by atomic mass is 9.99. The second-order valence-corrected chi connectivity index (χ2v) is 8.06. The Morgan fingerprint density at radius 2 is 1.85 bits per heavy atom. The number of rotatable bonds is 3. The van der Waals surface area contributed by atoms with E-state index in [2.05, 4.69) is 29.6 Å². The molecule has 20 heavy (non-hydrogen) atoms. The van der Waals surface area contributed by atoms with Crippen LogP contribution in [0.1, 0.15) is 55.7 Å². The minimum Gasteiger partial charge on any atom is -0.312 e. The van der Waals surface area contributed by atoms with Gasteiger partial charge in [0.25, 0.3) is 0 Å². The molecule has 0 spiro atoms. The molecule has 0 heterocycles. The lowest BCUT2D eigenvalue weighted by Crippen LogP contribution is -2.36. The molecule has 0 bridgehead atoms. The van der Waals surface area contributed by atoms with E-state index in [1.807, 2.05) is 7.05 Å². The molecule has 1 aromatic carbocycles. The van der Waals surface area contributed by atoms with Crippen LogP contribution in [0.25, 0.3) is 0 Å². The van der Waals surface area contributed by atoms with Gasteiger partial charge in [-0.2, -0.15) is 0 Å². The van der Waals surface area contributed by atoms with Crippen molar-refractivity contribution in [1.29, 1.82) is 0 Å². The van der Waals surface area contributed by atoms with E-state index in [1.54, 1.807) is 0 Å². The van der Waals surface area contributed by atoms with Gasteiger partial charge in [-0.1, -0.05) is 37.1 Å². The summed E-state index contributed by atoms with van der Waals surface area (Å²) in [5.74, 6) is 0. The van der Waals surface area contributed by atoms with Crippen LogP contribution in [-0.2, 0) is 17.2 Å². The van der Waals surface area contributed by atoms with Gasteiger partial charge >= 0.3 is 0 Å². The Morgan fingerprint density at radius 3 is 2.60 bits per heavy atom. The molecule has 2 aliphatic rings. The molecule has 1 saturated carbocycles. The summed E-state index contributed by atoms with van der Waals surface area (Å²) in [7, 11) is 1.33. The summed E-state index contributed by atoms with van der Waals surface area (Å²) < 4.78 is 13.0. The van der Waals surface area contributed by atoms with E-state index in [9.17, 15) is 4.21 Å². The highest BCUT2D eigenvalue weighted by Gasteiger charge is 2.35. The van der Waals surface area contributed by atoms with E-state index in [0.717, 1.165) is 12.8 Å². The Hall–Kier alpha value is -0.670. The Kier molecular flexibility index (Phi) is 4.57. The van der Waals surface area contributed by atoms with E-state index < -0.39 is 10.8 Å². The fourth-order valence-electron chi connectivity index (χ4n) is 3.89. The van der Waals surface area contributed by atoms with Gasteiger partial charge < -0.3 is 5.32 Å². The fraction of sp³-hybridized carbons (Fsp3) is 0.647. The van der Waals surface area contributed by atoms with E-state index >= 15 is 0 Å². The van der Waals surface area contributed by atoms with Crippen molar-refractivity contribution in [3.63, 3.8) is 0 Å². The smallest absolute Gasteiger partial charge is 0.0545 e. The molecule has 0 amide bonds. The summed E-state index contributed by atoms with van der Waals surface area (Å²) in [4.78, 5) is 0. The van der Waals surface area contributed by atoms with Crippen LogP contribution in [0.5, 0.6) is 0 Å². The van der Waals surface area contributed by atoms with E-state index in [1.165, 1.54) is 43.2 Å². The maximum atomic E-state index is 13.0. The molecular formula is C17H25NOS. The number of aryl methyl sites for hydroxylation is 1. The van der Waals surface area contributed by atoms with Gasteiger partial charge in [0.1, 0.15) is 0 Å². The topological polar surface area (TPSA) is 29.1 Å². The normalized spacial score (nSPS) is 28.9. The quantitative estimate of drug-likeness (QED) is 0.865. The highest BCUT2D eigenvalue weighted by Crippen LogP contribution is 2.35. The maximum absolute atomic E-state index is 13.0. The number of hydrogen-bond acceptors (Lipinski definition) is 2. The predicted molar refractivity (Wildman–Crippen MR) is 85.4 cm³/mol. The molecule has 3 unspecified atom stereocenters. The molecule has 2 aliphatic carbocycles. The highest BCUT2D eigenvalue weighted by molar-refractivity contribution is 7.86. The second kappa shape index (κ2) is 6.40. The van der Waals surface area contributed by atoms with Crippen molar-refractivity contribution in [3.8, 4) is 0 Å². The first-order valence-electron chi connectivity index (χ1n) is 7.95. The minimum absolute atomic E-state index is 0.259. The Balaban J connectivity index is 1.88. The highest BCUT2D eigenvalue weighted by atomic mass is 32.2. The summed E-state index contributed by atoms with van der Waals surface area (Å²) in [6.07, 6.45) is 8.25.